The van der Waals surface area contributed by atoms with Gasteiger partial charge in [0.15, 0.2) is 22.1 Å². The third-order valence-corrected chi connectivity index (χ3v) is 4.23. The minimum absolute atomic E-state index is 0.253. The van der Waals surface area contributed by atoms with E-state index in [4.69, 9.17) is 38.0 Å². The average Bonchev–Trinajstić information content (AvgIpc) is 3.01. The Labute approximate surface area is 153 Å². The monoisotopic (exact) mass is 375 g/mol. The number of ether oxygens (including phenoxy) is 3. The lowest BCUT2D eigenvalue weighted by Gasteiger charge is -2.19. The van der Waals surface area contributed by atoms with Crippen molar-refractivity contribution in [2.45, 2.75) is 6.61 Å². The van der Waals surface area contributed by atoms with Gasteiger partial charge >= 0.3 is 0 Å². The van der Waals surface area contributed by atoms with E-state index in [2.05, 4.69) is 10.2 Å². The summed E-state index contributed by atoms with van der Waals surface area (Å²) in [5, 5.41) is 7.72. The number of nitrogens with zero attached hydrogens (tertiary/aromatic N) is 2. The molecule has 1 N–H and O–H groups in total. The van der Waals surface area contributed by atoms with Crippen molar-refractivity contribution in [2.24, 2.45) is 0 Å². The molecule has 4 rings (SSSR count). The van der Waals surface area contributed by atoms with Gasteiger partial charge in [0.2, 0.25) is 0 Å². The van der Waals surface area contributed by atoms with Crippen LogP contribution in [0.15, 0.2) is 42.5 Å². The number of benzene rings is 2. The highest BCUT2D eigenvalue weighted by Crippen LogP contribution is 2.32. The molecule has 8 heteroatoms. The fourth-order valence-corrected chi connectivity index (χ4v) is 2.92. The van der Waals surface area contributed by atoms with Gasteiger partial charge in [-0.25, -0.2) is 0 Å². The molecule has 0 aliphatic carbocycles. The van der Waals surface area contributed by atoms with Gasteiger partial charge in [-0.2, -0.15) is 5.10 Å². The third-order valence-electron chi connectivity index (χ3n) is 3.71. The Morgan fingerprint density at radius 3 is 2.68 bits per heavy atom. The van der Waals surface area contributed by atoms with Crippen LogP contribution in [0.2, 0.25) is 5.02 Å². The summed E-state index contributed by atoms with van der Waals surface area (Å²) in [4.78, 5) is 0. The zero-order valence-electron chi connectivity index (χ0n) is 13.1. The van der Waals surface area contributed by atoms with Gasteiger partial charge in [-0.15, -0.1) is 0 Å². The Balaban J connectivity index is 1.61. The Morgan fingerprint density at radius 2 is 1.88 bits per heavy atom. The molecular weight excluding hydrogens is 362 g/mol. The number of rotatable bonds is 4. The first-order valence-electron chi connectivity index (χ1n) is 7.65. The Kier molecular flexibility index (Phi) is 4.33. The number of fused-ring (bicyclic) bond motifs is 1. The minimum Gasteiger partial charge on any atom is -0.486 e. The highest BCUT2D eigenvalue weighted by molar-refractivity contribution is 7.71. The van der Waals surface area contributed by atoms with Gasteiger partial charge in [0, 0.05) is 11.1 Å². The van der Waals surface area contributed by atoms with E-state index in [-0.39, 0.29) is 6.61 Å². The van der Waals surface area contributed by atoms with Crippen LogP contribution in [-0.4, -0.2) is 28.0 Å². The summed E-state index contributed by atoms with van der Waals surface area (Å²) in [5.41, 5.74) is 0.831. The second-order valence-electron chi connectivity index (χ2n) is 5.35. The Hall–Kier alpha value is -2.51. The SMILES string of the molecule is S=c1[nH]nc(COc2ccc(Cl)cc2)n1-c1ccc2c(c1)OCCO2. The van der Waals surface area contributed by atoms with Crippen molar-refractivity contribution in [2.75, 3.05) is 13.2 Å². The number of aromatic nitrogens is 3. The van der Waals surface area contributed by atoms with Crippen molar-refractivity contribution in [3.05, 3.63) is 58.1 Å². The fraction of sp³-hybridized carbons (Fsp3) is 0.176. The van der Waals surface area contributed by atoms with Crippen molar-refractivity contribution in [1.29, 1.82) is 0 Å². The van der Waals surface area contributed by atoms with Crippen molar-refractivity contribution in [3.8, 4) is 22.9 Å². The van der Waals surface area contributed by atoms with Crippen LogP contribution in [-0.2, 0) is 6.61 Å². The summed E-state index contributed by atoms with van der Waals surface area (Å²) in [6, 6.07) is 12.8. The lowest BCUT2D eigenvalue weighted by molar-refractivity contribution is 0.171. The molecule has 0 saturated carbocycles. The molecule has 0 amide bonds. The van der Waals surface area contributed by atoms with E-state index in [1.807, 2.05) is 22.8 Å². The van der Waals surface area contributed by atoms with Gasteiger partial charge in [0.1, 0.15) is 25.6 Å². The molecule has 0 saturated heterocycles. The van der Waals surface area contributed by atoms with Crippen molar-refractivity contribution < 1.29 is 14.2 Å². The van der Waals surface area contributed by atoms with Crippen molar-refractivity contribution >= 4 is 23.8 Å². The number of nitrogens with one attached hydrogen (secondary N) is 1. The Bertz CT molecular complexity index is 953. The molecule has 0 atom stereocenters. The number of H-pyrrole nitrogens is 1. The van der Waals surface area contributed by atoms with E-state index in [1.54, 1.807) is 24.3 Å². The van der Waals surface area contributed by atoms with Gasteiger partial charge in [-0.1, -0.05) is 11.6 Å². The number of aromatic amines is 1. The van der Waals surface area contributed by atoms with E-state index in [0.717, 1.165) is 11.4 Å². The summed E-state index contributed by atoms with van der Waals surface area (Å²) in [5.74, 6) is 2.77. The van der Waals surface area contributed by atoms with Crippen LogP contribution < -0.4 is 14.2 Å². The molecule has 0 radical (unpaired) electrons. The average molecular weight is 376 g/mol. The van der Waals surface area contributed by atoms with Crippen LogP contribution in [0.1, 0.15) is 5.82 Å². The molecule has 2 heterocycles. The number of halogens is 1. The maximum atomic E-state index is 5.88. The first kappa shape index (κ1) is 16.0. The maximum absolute atomic E-state index is 5.88. The number of hydrogen-bond donors (Lipinski definition) is 1. The normalized spacial score (nSPS) is 12.8. The molecule has 1 aliphatic heterocycles. The molecule has 0 spiro atoms. The molecule has 128 valence electrons. The lowest BCUT2D eigenvalue weighted by Crippen LogP contribution is -2.15. The van der Waals surface area contributed by atoms with E-state index >= 15 is 0 Å². The summed E-state index contributed by atoms with van der Waals surface area (Å²) in [6.45, 7) is 1.33. The van der Waals surface area contributed by atoms with Crippen LogP contribution >= 0.6 is 23.8 Å². The predicted octanol–water partition coefficient (Wildman–Crippen LogP) is 3.93. The van der Waals surface area contributed by atoms with Gasteiger partial charge in [-0.3, -0.25) is 9.67 Å². The largest absolute Gasteiger partial charge is 0.486 e. The topological polar surface area (TPSA) is 61.3 Å². The summed E-state index contributed by atoms with van der Waals surface area (Å²) < 4.78 is 19.2. The van der Waals surface area contributed by atoms with Crippen LogP contribution in [0, 0.1) is 4.77 Å². The highest BCUT2D eigenvalue weighted by Gasteiger charge is 2.15. The molecule has 25 heavy (non-hydrogen) atoms. The zero-order valence-corrected chi connectivity index (χ0v) is 14.6. The van der Waals surface area contributed by atoms with Crippen molar-refractivity contribution in [1.82, 2.24) is 14.8 Å². The summed E-state index contributed by atoms with van der Waals surface area (Å²) >= 11 is 11.2. The molecule has 1 aliphatic rings. The molecule has 3 aromatic rings. The third kappa shape index (κ3) is 3.33. The maximum Gasteiger partial charge on any atom is 0.199 e. The van der Waals surface area contributed by atoms with Crippen LogP contribution in [0.3, 0.4) is 0 Å². The molecule has 1 aromatic heterocycles. The standard InChI is InChI=1S/C17H14ClN3O3S/c18-11-1-4-13(5-2-11)24-10-16-19-20-17(25)21(16)12-3-6-14-15(9-12)23-8-7-22-14/h1-6,9H,7-8,10H2,(H,20,25). The van der Waals surface area contributed by atoms with Crippen LogP contribution in [0.5, 0.6) is 17.2 Å². The Morgan fingerprint density at radius 1 is 1.12 bits per heavy atom. The highest BCUT2D eigenvalue weighted by atomic mass is 35.5. The van der Waals surface area contributed by atoms with Crippen LogP contribution in [0.25, 0.3) is 5.69 Å². The van der Waals surface area contributed by atoms with Gasteiger partial charge in [0.25, 0.3) is 0 Å². The smallest absolute Gasteiger partial charge is 0.199 e. The predicted molar refractivity (Wildman–Crippen MR) is 95.5 cm³/mol. The van der Waals surface area contributed by atoms with E-state index < -0.39 is 0 Å². The molecule has 0 bridgehead atoms. The minimum atomic E-state index is 0.253. The van der Waals surface area contributed by atoms with Crippen LogP contribution in [0.4, 0.5) is 0 Å². The first-order chi connectivity index (χ1) is 12.2. The molecule has 0 fully saturated rings. The summed E-state index contributed by atoms with van der Waals surface area (Å²) in [6.07, 6.45) is 0. The molecule has 0 unspecified atom stereocenters. The quantitative estimate of drug-likeness (QED) is 0.700. The molecular formula is C17H14ClN3O3S. The fourth-order valence-electron chi connectivity index (χ4n) is 2.54. The molecule has 2 aromatic carbocycles. The van der Waals surface area contributed by atoms with Crippen molar-refractivity contribution in [3.63, 3.8) is 0 Å². The summed E-state index contributed by atoms with van der Waals surface area (Å²) in [7, 11) is 0. The second-order valence-corrected chi connectivity index (χ2v) is 6.17. The van der Waals surface area contributed by atoms with Gasteiger partial charge < -0.3 is 14.2 Å². The first-order valence-corrected chi connectivity index (χ1v) is 8.44. The van der Waals surface area contributed by atoms with Gasteiger partial charge in [-0.05, 0) is 48.6 Å². The molecule has 6 nitrogen and oxygen atoms in total. The number of hydrogen-bond acceptors (Lipinski definition) is 5. The van der Waals surface area contributed by atoms with E-state index in [1.165, 1.54) is 0 Å². The second kappa shape index (κ2) is 6.78. The van der Waals surface area contributed by atoms with E-state index in [0.29, 0.717) is 40.3 Å². The zero-order chi connectivity index (χ0) is 17.2. The van der Waals surface area contributed by atoms with Gasteiger partial charge in [0.05, 0.1) is 5.69 Å². The van der Waals surface area contributed by atoms with E-state index in [9.17, 15) is 0 Å². The lowest BCUT2D eigenvalue weighted by atomic mass is 10.2.